The summed E-state index contributed by atoms with van der Waals surface area (Å²) in [4.78, 5) is 23.0. The molecule has 7 nitrogen and oxygen atoms in total. The predicted molar refractivity (Wildman–Crippen MR) is 101 cm³/mol. The number of carbonyl (C=O) groups is 1. The summed E-state index contributed by atoms with van der Waals surface area (Å²) in [5.41, 5.74) is 8.03. The number of carbonyl (C=O) groups excluding carboxylic acids is 1. The van der Waals surface area contributed by atoms with Gasteiger partial charge in [-0.25, -0.2) is 14.8 Å². The van der Waals surface area contributed by atoms with Crippen LogP contribution >= 0.6 is 23.2 Å². The summed E-state index contributed by atoms with van der Waals surface area (Å²) >= 11 is 12.2. The van der Waals surface area contributed by atoms with Crippen LogP contribution in [-0.4, -0.2) is 31.5 Å². The number of phenols is 1. The number of phenolic OH excluding ortho intramolecular Hbond substituents is 1. The number of urea groups is 1. The molecule has 0 saturated heterocycles. The maximum Gasteiger partial charge on any atom is 0.318 e. The monoisotopic (exact) mass is 405 g/mol. The molecule has 4 N–H and O–H groups in total. The molecule has 4 aliphatic rings. The van der Waals surface area contributed by atoms with Crippen molar-refractivity contribution < 1.29 is 9.90 Å². The second kappa shape index (κ2) is 5.62. The summed E-state index contributed by atoms with van der Waals surface area (Å²) in [5, 5.41) is 14.1. The minimum Gasteiger partial charge on any atom is -0.507 e. The second-order valence-electron chi connectivity index (χ2n) is 7.68. The molecular formula is C18H17Cl2N5O2. The Kier molecular flexibility index (Phi) is 3.52. The molecule has 2 amide bonds. The zero-order chi connectivity index (χ0) is 18.9. The van der Waals surface area contributed by atoms with Crippen molar-refractivity contribution in [3.63, 3.8) is 0 Å². The molecule has 3 aliphatic carbocycles. The van der Waals surface area contributed by atoms with Crippen molar-refractivity contribution >= 4 is 35.2 Å². The van der Waals surface area contributed by atoms with E-state index in [-0.39, 0.29) is 28.3 Å². The molecular weight excluding hydrogens is 389 g/mol. The number of nitrogens with zero attached hydrogens (tertiary/aromatic N) is 3. The molecule has 3 saturated carbocycles. The van der Waals surface area contributed by atoms with Crippen LogP contribution in [0.4, 0.5) is 10.7 Å². The molecule has 0 atom stereocenters. The van der Waals surface area contributed by atoms with Crippen molar-refractivity contribution in [1.29, 1.82) is 0 Å². The normalized spacial score (nSPS) is 24.8. The highest BCUT2D eigenvalue weighted by Gasteiger charge is 2.57. The van der Waals surface area contributed by atoms with Gasteiger partial charge in [-0.15, -0.1) is 0 Å². The van der Waals surface area contributed by atoms with Gasteiger partial charge in [0.05, 0.1) is 35.1 Å². The molecule has 1 aliphatic heterocycles. The van der Waals surface area contributed by atoms with E-state index in [1.165, 1.54) is 12.1 Å². The van der Waals surface area contributed by atoms with Crippen LogP contribution in [0.25, 0.3) is 11.3 Å². The summed E-state index contributed by atoms with van der Waals surface area (Å²) in [6.07, 6.45) is 3.23. The number of benzene rings is 1. The fourth-order valence-electron chi connectivity index (χ4n) is 4.36. The largest absolute Gasteiger partial charge is 0.507 e. The van der Waals surface area contributed by atoms with E-state index < -0.39 is 0 Å². The van der Waals surface area contributed by atoms with E-state index in [1.807, 2.05) is 0 Å². The lowest BCUT2D eigenvalue weighted by Gasteiger charge is -2.61. The van der Waals surface area contributed by atoms with Gasteiger partial charge in [0.15, 0.2) is 0 Å². The number of fused-ring (bicyclic) bond motifs is 1. The van der Waals surface area contributed by atoms with Gasteiger partial charge in [-0.2, -0.15) is 0 Å². The third kappa shape index (κ3) is 2.60. The summed E-state index contributed by atoms with van der Waals surface area (Å²) in [6, 6.07) is 2.82. The summed E-state index contributed by atoms with van der Waals surface area (Å²) in [7, 11) is 0. The van der Waals surface area contributed by atoms with Gasteiger partial charge in [-0.1, -0.05) is 23.2 Å². The zero-order valence-corrected chi connectivity index (χ0v) is 15.8. The number of rotatable bonds is 2. The topological polar surface area (TPSA) is 104 Å². The first-order chi connectivity index (χ1) is 12.8. The highest BCUT2D eigenvalue weighted by atomic mass is 35.5. The van der Waals surface area contributed by atoms with Gasteiger partial charge >= 0.3 is 6.03 Å². The number of aromatic nitrogens is 2. The quantitative estimate of drug-likeness (QED) is 0.710. The Balaban J connectivity index is 1.48. The third-order valence-electron chi connectivity index (χ3n) is 5.77. The van der Waals surface area contributed by atoms with E-state index in [9.17, 15) is 9.90 Å². The Morgan fingerprint density at radius 2 is 2.00 bits per heavy atom. The molecule has 2 aromatic rings. The lowest BCUT2D eigenvalue weighted by Crippen LogP contribution is -2.69. The minimum absolute atomic E-state index is 0.00180. The highest BCUT2D eigenvalue weighted by Crippen LogP contribution is 2.57. The first-order valence-corrected chi connectivity index (χ1v) is 9.50. The van der Waals surface area contributed by atoms with E-state index in [2.05, 4.69) is 15.3 Å². The van der Waals surface area contributed by atoms with E-state index in [4.69, 9.17) is 28.9 Å². The van der Waals surface area contributed by atoms with Crippen LogP contribution < -0.4 is 11.1 Å². The molecule has 6 rings (SSSR count). The maximum atomic E-state index is 12.7. The summed E-state index contributed by atoms with van der Waals surface area (Å²) in [6.45, 7) is 0.668. The van der Waals surface area contributed by atoms with Crippen LogP contribution in [0.1, 0.15) is 30.5 Å². The maximum absolute atomic E-state index is 12.7. The highest BCUT2D eigenvalue weighted by molar-refractivity contribution is 6.36. The molecule has 0 spiro atoms. The molecule has 1 aromatic carbocycles. The number of nitrogens with one attached hydrogen (secondary N) is 1. The number of aromatic hydroxyl groups is 1. The smallest absolute Gasteiger partial charge is 0.318 e. The van der Waals surface area contributed by atoms with Gasteiger partial charge in [-0.3, -0.25) is 0 Å². The standard InChI is InChI=1S/C18H17Cl2N5O2/c19-9-1-11(20)14(13(26)2-9)15-10-6-25(7-12(10)22-16(21)23-15)17(27)24-18-3-8(4-18)5-18/h1-2,8,26H,3-7H2,(H,24,27)(H2,21,22,23). The summed E-state index contributed by atoms with van der Waals surface area (Å²) in [5.74, 6) is 0.758. The Bertz CT molecular complexity index is 956. The van der Waals surface area contributed by atoms with Crippen LogP contribution in [0.3, 0.4) is 0 Å². The molecule has 2 bridgehead atoms. The molecule has 2 heterocycles. The number of nitrogen functional groups attached to an aromatic ring is 1. The lowest BCUT2D eigenvalue weighted by atomic mass is 9.50. The van der Waals surface area contributed by atoms with Gasteiger partial charge < -0.3 is 21.1 Å². The Morgan fingerprint density at radius 3 is 2.63 bits per heavy atom. The van der Waals surface area contributed by atoms with Crippen molar-refractivity contribution in [2.24, 2.45) is 5.92 Å². The molecule has 0 unspecified atom stereocenters. The lowest BCUT2D eigenvalue weighted by molar-refractivity contribution is -0.0434. The van der Waals surface area contributed by atoms with Crippen molar-refractivity contribution in [3.05, 3.63) is 33.4 Å². The van der Waals surface area contributed by atoms with Gasteiger partial charge in [-0.05, 0) is 37.3 Å². The first kappa shape index (κ1) is 16.9. The molecule has 27 heavy (non-hydrogen) atoms. The fourth-order valence-corrected chi connectivity index (χ4v) is 4.93. The SMILES string of the molecule is Nc1nc2c(c(-c3c(O)cc(Cl)cc3Cl)n1)CN(C(=O)NC13CC(C1)C3)C2. The average molecular weight is 406 g/mol. The van der Waals surface area contributed by atoms with Crippen molar-refractivity contribution in [2.45, 2.75) is 37.9 Å². The van der Waals surface area contributed by atoms with Gasteiger partial charge in [0.2, 0.25) is 5.95 Å². The molecule has 140 valence electrons. The second-order valence-corrected chi connectivity index (χ2v) is 8.53. The number of hydrogen-bond acceptors (Lipinski definition) is 5. The van der Waals surface area contributed by atoms with E-state index in [1.54, 1.807) is 4.90 Å². The van der Waals surface area contributed by atoms with E-state index in [0.29, 0.717) is 35.1 Å². The predicted octanol–water partition coefficient (Wildman–Crippen LogP) is 3.32. The third-order valence-corrected chi connectivity index (χ3v) is 6.28. The van der Waals surface area contributed by atoms with Crippen molar-refractivity contribution in [1.82, 2.24) is 20.2 Å². The summed E-state index contributed by atoms with van der Waals surface area (Å²) < 4.78 is 0. The van der Waals surface area contributed by atoms with E-state index >= 15 is 0 Å². The van der Waals surface area contributed by atoms with Crippen LogP contribution in [0, 0.1) is 5.92 Å². The fraction of sp³-hybridized carbons (Fsp3) is 0.389. The molecule has 0 radical (unpaired) electrons. The van der Waals surface area contributed by atoms with E-state index in [0.717, 1.165) is 30.7 Å². The van der Waals surface area contributed by atoms with Crippen LogP contribution in [0.15, 0.2) is 12.1 Å². The average Bonchev–Trinajstić information content (AvgIpc) is 2.92. The molecule has 3 fully saturated rings. The molecule has 9 heteroatoms. The van der Waals surface area contributed by atoms with Crippen molar-refractivity contribution in [2.75, 3.05) is 5.73 Å². The number of nitrogens with two attached hydrogens (primary N) is 1. The van der Waals surface area contributed by atoms with Crippen LogP contribution in [-0.2, 0) is 13.1 Å². The Morgan fingerprint density at radius 1 is 1.26 bits per heavy atom. The van der Waals surface area contributed by atoms with Gasteiger partial charge in [0.25, 0.3) is 0 Å². The Hall–Kier alpha value is -2.25. The van der Waals surface area contributed by atoms with Crippen LogP contribution in [0.2, 0.25) is 10.0 Å². The van der Waals surface area contributed by atoms with Gasteiger partial charge in [0, 0.05) is 16.1 Å². The number of anilines is 1. The number of amides is 2. The van der Waals surface area contributed by atoms with Crippen molar-refractivity contribution in [3.8, 4) is 17.0 Å². The first-order valence-electron chi connectivity index (χ1n) is 8.74. The zero-order valence-electron chi connectivity index (χ0n) is 14.3. The number of halogens is 2. The van der Waals surface area contributed by atoms with Crippen LogP contribution in [0.5, 0.6) is 5.75 Å². The number of hydrogen-bond donors (Lipinski definition) is 3. The Labute approximate surface area is 165 Å². The molecule has 1 aromatic heterocycles. The minimum atomic E-state index is -0.109. The van der Waals surface area contributed by atoms with Gasteiger partial charge in [0.1, 0.15) is 5.75 Å².